The first kappa shape index (κ1) is 16.2. The Bertz CT molecular complexity index is 290. The summed E-state index contributed by atoms with van der Waals surface area (Å²) in [5, 5.41) is 0. The Labute approximate surface area is 124 Å². The monoisotopic (exact) mass is 284 g/mol. The fourth-order valence-electron chi connectivity index (χ4n) is 3.84. The minimum atomic E-state index is 0.351. The Kier molecular flexibility index (Phi) is 5.84. The molecule has 0 bridgehead atoms. The van der Waals surface area contributed by atoms with E-state index in [9.17, 15) is 0 Å². The van der Waals surface area contributed by atoms with Gasteiger partial charge >= 0.3 is 0 Å². The number of hydrogen-bond acceptors (Lipinski definition) is 4. The molecule has 118 valence electrons. The van der Waals surface area contributed by atoms with Crippen molar-refractivity contribution in [3.8, 4) is 0 Å². The van der Waals surface area contributed by atoms with Crippen LogP contribution < -0.4 is 0 Å². The van der Waals surface area contributed by atoms with Crippen LogP contribution in [0.5, 0.6) is 0 Å². The van der Waals surface area contributed by atoms with E-state index < -0.39 is 0 Å². The van der Waals surface area contributed by atoms with E-state index in [0.29, 0.717) is 30.3 Å². The van der Waals surface area contributed by atoms with Gasteiger partial charge in [-0.25, -0.2) is 0 Å². The number of ether oxygens (including phenoxy) is 2. The lowest BCUT2D eigenvalue weighted by atomic mass is 9.96. The molecule has 2 aliphatic rings. The van der Waals surface area contributed by atoms with Crippen molar-refractivity contribution in [1.82, 2.24) is 9.80 Å². The summed E-state index contributed by atoms with van der Waals surface area (Å²) in [5.74, 6) is 0. The van der Waals surface area contributed by atoms with Crippen LogP contribution in [0.1, 0.15) is 40.0 Å². The molecule has 20 heavy (non-hydrogen) atoms. The molecule has 2 aliphatic heterocycles. The fraction of sp³-hybridized carbons (Fsp3) is 1.00. The molecular formula is C16H32N2O2. The topological polar surface area (TPSA) is 24.9 Å². The van der Waals surface area contributed by atoms with E-state index in [1.165, 1.54) is 12.8 Å². The molecular weight excluding hydrogens is 252 g/mol. The van der Waals surface area contributed by atoms with Crippen LogP contribution >= 0.6 is 0 Å². The Morgan fingerprint density at radius 2 is 1.70 bits per heavy atom. The summed E-state index contributed by atoms with van der Waals surface area (Å²) in [5.41, 5.74) is 0. The second kappa shape index (κ2) is 7.21. The molecule has 5 atom stereocenters. The van der Waals surface area contributed by atoms with Gasteiger partial charge in [-0.05, 0) is 47.2 Å². The highest BCUT2D eigenvalue weighted by Crippen LogP contribution is 2.25. The summed E-state index contributed by atoms with van der Waals surface area (Å²) in [7, 11) is 4.49. The minimum Gasteiger partial charge on any atom is -0.376 e. The largest absolute Gasteiger partial charge is 0.376 e. The standard InChI is InChI=1S/C16H32N2O2/c1-6-15-12(2)20-11-14(18(15)5)7-8-16-13(3)19-10-9-17(16)4/h12-16H,6-11H2,1-5H3/t12-,13+,14?,15-,16-/m1/s1. The molecule has 0 aromatic carbocycles. The number of nitrogens with zero attached hydrogens (tertiary/aromatic N) is 2. The highest BCUT2D eigenvalue weighted by atomic mass is 16.5. The zero-order valence-electron chi connectivity index (χ0n) is 13.8. The summed E-state index contributed by atoms with van der Waals surface area (Å²) in [6.07, 6.45) is 4.27. The zero-order valence-corrected chi connectivity index (χ0v) is 13.8. The quantitative estimate of drug-likeness (QED) is 0.788. The predicted molar refractivity (Wildman–Crippen MR) is 82.1 cm³/mol. The van der Waals surface area contributed by atoms with Crippen molar-refractivity contribution in [2.75, 3.05) is 33.9 Å². The van der Waals surface area contributed by atoms with Crippen LogP contribution in [-0.4, -0.2) is 74.0 Å². The van der Waals surface area contributed by atoms with Crippen LogP contribution in [0, 0.1) is 0 Å². The molecule has 0 saturated carbocycles. The van der Waals surface area contributed by atoms with Crippen LogP contribution in [0.15, 0.2) is 0 Å². The molecule has 0 aromatic heterocycles. The van der Waals surface area contributed by atoms with Crippen molar-refractivity contribution < 1.29 is 9.47 Å². The Morgan fingerprint density at radius 3 is 2.35 bits per heavy atom. The van der Waals surface area contributed by atoms with Crippen molar-refractivity contribution in [1.29, 1.82) is 0 Å². The molecule has 0 amide bonds. The average molecular weight is 284 g/mol. The number of hydrogen-bond donors (Lipinski definition) is 0. The third kappa shape index (κ3) is 3.53. The van der Waals surface area contributed by atoms with Gasteiger partial charge in [-0.15, -0.1) is 0 Å². The maximum Gasteiger partial charge on any atom is 0.0702 e. The second-order valence-electron chi connectivity index (χ2n) is 6.53. The molecule has 2 fully saturated rings. The smallest absolute Gasteiger partial charge is 0.0702 e. The molecule has 2 heterocycles. The van der Waals surface area contributed by atoms with Crippen LogP contribution in [0.25, 0.3) is 0 Å². The second-order valence-corrected chi connectivity index (χ2v) is 6.53. The van der Waals surface area contributed by atoms with Gasteiger partial charge in [-0.1, -0.05) is 6.92 Å². The SMILES string of the molecule is CC[C@@H]1[C@@H](C)OCC(CC[C@@H]2[C@H](C)OCCN2C)N1C. The van der Waals surface area contributed by atoms with Gasteiger partial charge in [0.25, 0.3) is 0 Å². The zero-order chi connectivity index (χ0) is 14.7. The van der Waals surface area contributed by atoms with E-state index in [0.717, 1.165) is 26.2 Å². The van der Waals surface area contributed by atoms with E-state index >= 15 is 0 Å². The summed E-state index contributed by atoms with van der Waals surface area (Å²) >= 11 is 0. The van der Waals surface area contributed by atoms with Gasteiger partial charge in [0.2, 0.25) is 0 Å². The van der Waals surface area contributed by atoms with Gasteiger partial charge in [-0.2, -0.15) is 0 Å². The molecule has 4 nitrogen and oxygen atoms in total. The van der Waals surface area contributed by atoms with Gasteiger partial charge in [0.15, 0.2) is 0 Å². The molecule has 2 rings (SSSR count). The summed E-state index contributed by atoms with van der Waals surface area (Å²) in [6, 6.07) is 1.67. The summed E-state index contributed by atoms with van der Waals surface area (Å²) in [4.78, 5) is 5.00. The fourth-order valence-corrected chi connectivity index (χ4v) is 3.84. The lowest BCUT2D eigenvalue weighted by molar-refractivity contribution is -0.0950. The Balaban J connectivity index is 1.86. The summed E-state index contributed by atoms with van der Waals surface area (Å²) < 4.78 is 11.8. The molecule has 0 aliphatic carbocycles. The third-order valence-electron chi connectivity index (χ3n) is 5.34. The van der Waals surface area contributed by atoms with Crippen LogP contribution in [0.2, 0.25) is 0 Å². The molecule has 0 aromatic rings. The highest BCUT2D eigenvalue weighted by Gasteiger charge is 2.34. The van der Waals surface area contributed by atoms with E-state index in [1.807, 2.05) is 0 Å². The first-order valence-corrected chi connectivity index (χ1v) is 8.20. The van der Waals surface area contributed by atoms with Gasteiger partial charge in [-0.3, -0.25) is 9.80 Å². The van der Waals surface area contributed by atoms with E-state index in [-0.39, 0.29) is 0 Å². The Hall–Kier alpha value is -0.160. The van der Waals surface area contributed by atoms with Crippen molar-refractivity contribution in [3.05, 3.63) is 0 Å². The maximum absolute atomic E-state index is 5.97. The highest BCUT2D eigenvalue weighted by molar-refractivity contribution is 4.87. The van der Waals surface area contributed by atoms with Crippen LogP contribution in [-0.2, 0) is 9.47 Å². The van der Waals surface area contributed by atoms with Crippen molar-refractivity contribution >= 4 is 0 Å². The first-order chi connectivity index (χ1) is 9.54. The molecule has 1 unspecified atom stereocenters. The third-order valence-corrected chi connectivity index (χ3v) is 5.34. The molecule has 4 heteroatoms. The molecule has 0 N–H and O–H groups in total. The molecule has 2 saturated heterocycles. The van der Waals surface area contributed by atoms with Gasteiger partial charge < -0.3 is 9.47 Å². The predicted octanol–water partition coefficient (Wildman–Crippen LogP) is 1.98. The maximum atomic E-state index is 5.97. The minimum absolute atomic E-state index is 0.351. The number of rotatable bonds is 4. The van der Waals surface area contributed by atoms with Gasteiger partial charge in [0, 0.05) is 24.7 Å². The number of morpholine rings is 2. The lowest BCUT2D eigenvalue weighted by Gasteiger charge is -2.44. The van der Waals surface area contributed by atoms with E-state index in [4.69, 9.17) is 9.47 Å². The molecule has 0 spiro atoms. The normalized spacial score (nSPS) is 41.0. The van der Waals surface area contributed by atoms with Crippen LogP contribution in [0.4, 0.5) is 0 Å². The average Bonchev–Trinajstić information content (AvgIpc) is 2.41. The van der Waals surface area contributed by atoms with Gasteiger partial charge in [0.1, 0.15) is 0 Å². The van der Waals surface area contributed by atoms with E-state index in [1.54, 1.807) is 0 Å². The lowest BCUT2D eigenvalue weighted by Crippen LogP contribution is -2.54. The van der Waals surface area contributed by atoms with Crippen molar-refractivity contribution in [3.63, 3.8) is 0 Å². The first-order valence-electron chi connectivity index (χ1n) is 8.20. The Morgan fingerprint density at radius 1 is 1.00 bits per heavy atom. The molecule has 0 radical (unpaired) electrons. The van der Waals surface area contributed by atoms with Gasteiger partial charge in [0.05, 0.1) is 25.4 Å². The summed E-state index contributed by atoms with van der Waals surface area (Å²) in [6.45, 7) is 9.47. The van der Waals surface area contributed by atoms with Crippen molar-refractivity contribution in [2.45, 2.75) is 70.4 Å². The van der Waals surface area contributed by atoms with Crippen molar-refractivity contribution in [2.24, 2.45) is 0 Å². The number of likely N-dealkylation sites (N-methyl/N-ethyl adjacent to an activating group) is 2. The van der Waals surface area contributed by atoms with E-state index in [2.05, 4.69) is 44.7 Å². The van der Waals surface area contributed by atoms with Crippen LogP contribution in [0.3, 0.4) is 0 Å².